The number of carbonyl (C=O) groups is 1. The summed E-state index contributed by atoms with van der Waals surface area (Å²) in [5.74, 6) is 0.0618. The predicted molar refractivity (Wildman–Crippen MR) is 78.6 cm³/mol. The maximum Gasteiger partial charge on any atom is 0.217 e. The molecule has 102 valence electrons. The van der Waals surface area contributed by atoms with Crippen molar-refractivity contribution in [2.45, 2.75) is 59.9 Å². The first-order valence-corrected chi connectivity index (χ1v) is 7.12. The molecule has 1 atom stereocenters. The molecular weight excluding hydrogens is 222 g/mol. The average Bonchev–Trinajstić information content (AvgIpc) is 2.43. The summed E-state index contributed by atoms with van der Waals surface area (Å²) in [6.45, 7) is 9.58. The van der Waals surface area contributed by atoms with E-state index in [1.807, 2.05) is 33.8 Å². The van der Waals surface area contributed by atoms with Gasteiger partial charge in [-0.3, -0.25) is 4.79 Å². The van der Waals surface area contributed by atoms with Crippen LogP contribution in [0.3, 0.4) is 0 Å². The van der Waals surface area contributed by atoms with E-state index in [9.17, 15) is 4.79 Å². The van der Waals surface area contributed by atoms with Gasteiger partial charge in [0.1, 0.15) is 0 Å². The molecule has 2 rings (SSSR count). The number of rotatable bonds is 1. The number of fused-ring (bicyclic) bond motifs is 1. The van der Waals surface area contributed by atoms with Crippen LogP contribution in [0.4, 0.5) is 0 Å². The quantitative estimate of drug-likeness (QED) is 0.792. The molecule has 0 fully saturated rings. The zero-order chi connectivity index (χ0) is 14.0. The number of amides is 1. The highest BCUT2D eigenvalue weighted by atomic mass is 16.1. The van der Waals surface area contributed by atoms with Gasteiger partial charge < -0.3 is 5.32 Å². The van der Waals surface area contributed by atoms with E-state index in [-0.39, 0.29) is 11.9 Å². The van der Waals surface area contributed by atoms with Crippen molar-refractivity contribution in [3.05, 3.63) is 35.4 Å². The molecule has 0 bridgehead atoms. The average molecular weight is 249 g/mol. The van der Waals surface area contributed by atoms with Crippen LogP contribution < -0.4 is 5.32 Å². The third kappa shape index (κ3) is 4.91. The summed E-state index contributed by atoms with van der Waals surface area (Å²) in [5.41, 5.74) is 2.69. The monoisotopic (exact) mass is 249 g/mol. The minimum Gasteiger partial charge on any atom is -0.350 e. The van der Waals surface area contributed by atoms with Crippen LogP contribution in [0.25, 0.3) is 0 Å². The van der Waals surface area contributed by atoms with Gasteiger partial charge in [0.15, 0.2) is 0 Å². The fourth-order valence-corrected chi connectivity index (χ4v) is 2.15. The van der Waals surface area contributed by atoms with E-state index in [4.69, 9.17) is 0 Å². The van der Waals surface area contributed by atoms with Crippen LogP contribution >= 0.6 is 0 Å². The number of nitrogens with one attached hydrogen (secondary N) is 1. The van der Waals surface area contributed by atoms with E-state index in [0.29, 0.717) is 0 Å². The Labute approximate surface area is 112 Å². The molecule has 2 heteroatoms. The van der Waals surface area contributed by atoms with Gasteiger partial charge in [-0.05, 0) is 30.4 Å². The lowest BCUT2D eigenvalue weighted by Gasteiger charge is -2.25. The molecule has 0 aliphatic heterocycles. The van der Waals surface area contributed by atoms with Crippen molar-refractivity contribution in [1.82, 2.24) is 5.32 Å². The fourth-order valence-electron chi connectivity index (χ4n) is 2.15. The van der Waals surface area contributed by atoms with Gasteiger partial charge in [-0.25, -0.2) is 0 Å². The molecule has 2 nitrogen and oxygen atoms in total. The molecule has 1 unspecified atom stereocenters. The number of aryl methyl sites for hydroxylation is 1. The lowest BCUT2D eigenvalue weighted by molar-refractivity contribution is -0.119. The van der Waals surface area contributed by atoms with Gasteiger partial charge in [-0.2, -0.15) is 0 Å². The Bertz CT molecular complexity index is 347. The summed E-state index contributed by atoms with van der Waals surface area (Å²) in [6, 6.07) is 8.62. The molecule has 1 aliphatic carbocycles. The normalized spacial score (nSPS) is 16.2. The van der Waals surface area contributed by atoms with Gasteiger partial charge in [-0.15, -0.1) is 0 Å². The van der Waals surface area contributed by atoms with E-state index < -0.39 is 0 Å². The molecule has 0 radical (unpaired) electrons. The molecule has 1 aliphatic rings. The van der Waals surface area contributed by atoms with Gasteiger partial charge in [0.2, 0.25) is 5.91 Å². The van der Waals surface area contributed by atoms with Crippen molar-refractivity contribution in [3.63, 3.8) is 0 Å². The van der Waals surface area contributed by atoms with Crippen molar-refractivity contribution in [2.24, 2.45) is 0 Å². The second-order valence-corrected chi connectivity index (χ2v) is 3.84. The highest BCUT2D eigenvalue weighted by molar-refractivity contribution is 5.73. The van der Waals surface area contributed by atoms with Gasteiger partial charge in [-0.1, -0.05) is 52.0 Å². The summed E-state index contributed by atoms with van der Waals surface area (Å²) in [7, 11) is 0. The van der Waals surface area contributed by atoms with Crippen molar-refractivity contribution in [3.8, 4) is 0 Å². The zero-order valence-electron chi connectivity index (χ0n) is 12.4. The molecule has 0 saturated carbocycles. The van der Waals surface area contributed by atoms with Crippen molar-refractivity contribution < 1.29 is 4.79 Å². The van der Waals surface area contributed by atoms with Crippen LogP contribution in [-0.4, -0.2) is 5.91 Å². The van der Waals surface area contributed by atoms with E-state index in [2.05, 4.69) is 23.5 Å². The first-order chi connectivity index (χ1) is 8.77. The van der Waals surface area contributed by atoms with Crippen LogP contribution in [0, 0.1) is 0 Å². The van der Waals surface area contributed by atoms with Crippen molar-refractivity contribution >= 4 is 5.91 Å². The standard InChI is InChI=1S/C12H15NO.2C2H6/c1-9(14)13-12-8-4-6-10-5-2-3-7-11(10)12;2*1-2/h2-3,5,7,12H,4,6,8H2,1H3,(H,13,14);2*1-2H3. The number of hydrogen-bond donors (Lipinski definition) is 1. The molecule has 18 heavy (non-hydrogen) atoms. The maximum atomic E-state index is 11.0. The van der Waals surface area contributed by atoms with Gasteiger partial charge in [0.05, 0.1) is 6.04 Å². The summed E-state index contributed by atoms with van der Waals surface area (Å²) >= 11 is 0. The highest BCUT2D eigenvalue weighted by Crippen LogP contribution is 2.29. The molecule has 1 N–H and O–H groups in total. The molecule has 0 spiro atoms. The van der Waals surface area contributed by atoms with Crippen LogP contribution in [0.5, 0.6) is 0 Å². The molecule has 1 amide bonds. The first-order valence-electron chi connectivity index (χ1n) is 7.12. The van der Waals surface area contributed by atoms with Crippen LogP contribution in [0.1, 0.15) is 64.6 Å². The number of hydrogen-bond acceptors (Lipinski definition) is 1. The molecule has 1 aromatic rings. The second kappa shape index (κ2) is 9.69. The lowest BCUT2D eigenvalue weighted by atomic mass is 9.88. The summed E-state index contributed by atoms with van der Waals surface area (Å²) in [5, 5.41) is 3.00. The smallest absolute Gasteiger partial charge is 0.217 e. The summed E-state index contributed by atoms with van der Waals surface area (Å²) in [4.78, 5) is 11.0. The summed E-state index contributed by atoms with van der Waals surface area (Å²) in [6.07, 6.45) is 3.38. The third-order valence-corrected chi connectivity index (χ3v) is 2.75. The molecule has 1 aromatic carbocycles. The van der Waals surface area contributed by atoms with Gasteiger partial charge in [0.25, 0.3) is 0 Å². The first kappa shape index (κ1) is 16.7. The van der Waals surface area contributed by atoms with Crippen LogP contribution in [0.2, 0.25) is 0 Å². The number of benzene rings is 1. The van der Waals surface area contributed by atoms with E-state index in [0.717, 1.165) is 12.8 Å². The third-order valence-electron chi connectivity index (χ3n) is 2.75. The van der Waals surface area contributed by atoms with Crippen LogP contribution in [0.15, 0.2) is 24.3 Å². The number of carbonyl (C=O) groups excluding carboxylic acids is 1. The van der Waals surface area contributed by atoms with E-state index >= 15 is 0 Å². The van der Waals surface area contributed by atoms with E-state index in [1.54, 1.807) is 6.92 Å². The Morgan fingerprint density at radius 1 is 1.17 bits per heavy atom. The maximum absolute atomic E-state index is 11.0. The Balaban J connectivity index is 0.000000659. The Hall–Kier alpha value is -1.31. The largest absolute Gasteiger partial charge is 0.350 e. The Morgan fingerprint density at radius 2 is 1.78 bits per heavy atom. The summed E-state index contributed by atoms with van der Waals surface area (Å²) < 4.78 is 0. The molecule has 0 saturated heterocycles. The highest BCUT2D eigenvalue weighted by Gasteiger charge is 2.19. The fraction of sp³-hybridized carbons (Fsp3) is 0.562. The Morgan fingerprint density at radius 3 is 2.39 bits per heavy atom. The van der Waals surface area contributed by atoms with Gasteiger partial charge in [0, 0.05) is 6.92 Å². The van der Waals surface area contributed by atoms with Crippen LogP contribution in [-0.2, 0) is 11.2 Å². The minimum absolute atomic E-state index is 0.0618. The van der Waals surface area contributed by atoms with E-state index in [1.165, 1.54) is 17.5 Å². The zero-order valence-corrected chi connectivity index (χ0v) is 12.4. The second-order valence-electron chi connectivity index (χ2n) is 3.84. The minimum atomic E-state index is 0.0618. The van der Waals surface area contributed by atoms with Crippen molar-refractivity contribution in [1.29, 1.82) is 0 Å². The van der Waals surface area contributed by atoms with Gasteiger partial charge >= 0.3 is 0 Å². The Kier molecular flexibility index (Phi) is 8.99. The SMILES string of the molecule is CC.CC.CC(=O)NC1CCCc2ccccc21. The topological polar surface area (TPSA) is 29.1 Å². The van der Waals surface area contributed by atoms with Crippen molar-refractivity contribution in [2.75, 3.05) is 0 Å². The molecule has 0 heterocycles. The molecule has 0 aromatic heterocycles. The lowest BCUT2D eigenvalue weighted by Crippen LogP contribution is -2.28. The predicted octanol–water partition coefficient (Wildman–Crippen LogP) is 4.25. The molecular formula is C16H27NO.